The van der Waals surface area contributed by atoms with Crippen LogP contribution >= 0.6 is 23.7 Å². The number of nitrogens with zero attached hydrogens (tertiary/aromatic N) is 3. The Hall–Kier alpha value is -2.03. The van der Waals surface area contributed by atoms with Gasteiger partial charge in [-0.25, -0.2) is 4.98 Å². The first-order valence-corrected chi connectivity index (χ1v) is 6.98. The minimum Gasteiger partial charge on any atom is -0.301 e. The van der Waals surface area contributed by atoms with E-state index in [4.69, 9.17) is 0 Å². The number of carbonyl (C=O) groups is 1. The molecule has 0 saturated carbocycles. The van der Waals surface area contributed by atoms with Gasteiger partial charge in [0.1, 0.15) is 0 Å². The van der Waals surface area contributed by atoms with E-state index in [-0.39, 0.29) is 30.5 Å². The molecule has 1 heterocycles. The Morgan fingerprint density at radius 1 is 1.36 bits per heavy atom. The van der Waals surface area contributed by atoms with E-state index in [2.05, 4.69) is 10.3 Å². The largest absolute Gasteiger partial charge is 0.301 e. The molecule has 0 bridgehead atoms. The fourth-order valence-electron chi connectivity index (χ4n) is 1.66. The summed E-state index contributed by atoms with van der Waals surface area (Å²) in [5, 5.41) is 15.6. The van der Waals surface area contributed by atoms with E-state index in [1.807, 2.05) is 14.1 Å². The Morgan fingerprint density at radius 2 is 2.00 bits per heavy atom. The second kappa shape index (κ2) is 7.83. The molecule has 0 fully saturated rings. The lowest BCUT2D eigenvalue weighted by atomic mass is 10.1. The molecule has 22 heavy (non-hydrogen) atoms. The Morgan fingerprint density at radius 3 is 2.55 bits per heavy atom. The van der Waals surface area contributed by atoms with Gasteiger partial charge in [-0.3, -0.25) is 14.9 Å². The first-order chi connectivity index (χ1) is 9.95. The van der Waals surface area contributed by atoms with Crippen molar-refractivity contribution in [3.8, 4) is 11.3 Å². The molecule has 1 aromatic carbocycles. The summed E-state index contributed by atoms with van der Waals surface area (Å²) in [7, 11) is 3.62. The molecule has 0 aliphatic rings. The smallest absolute Gasteiger partial charge is 0.269 e. The number of nitro benzene ring substituents is 1. The van der Waals surface area contributed by atoms with Crippen LogP contribution in [0.3, 0.4) is 0 Å². The van der Waals surface area contributed by atoms with E-state index in [0.717, 1.165) is 5.56 Å². The van der Waals surface area contributed by atoms with Crippen LogP contribution in [0.2, 0.25) is 0 Å². The normalized spacial score (nSPS) is 10.1. The van der Waals surface area contributed by atoms with Crippen molar-refractivity contribution in [2.75, 3.05) is 26.0 Å². The number of halogens is 1. The van der Waals surface area contributed by atoms with Crippen molar-refractivity contribution in [2.45, 2.75) is 0 Å². The monoisotopic (exact) mass is 342 g/mol. The Kier molecular flexibility index (Phi) is 6.41. The molecule has 0 radical (unpaired) electrons. The highest BCUT2D eigenvalue weighted by atomic mass is 35.5. The molecule has 0 saturated heterocycles. The number of nitrogens with one attached hydrogen (secondary N) is 1. The fraction of sp³-hybridized carbons (Fsp3) is 0.231. The number of non-ortho nitro benzene ring substituents is 1. The molecule has 0 aliphatic heterocycles. The SMILES string of the molecule is CN(C)CC(=O)Nc1nc(-c2ccc([N+](=O)[O-])cc2)cs1.Cl. The third-order valence-electron chi connectivity index (χ3n) is 2.58. The predicted molar refractivity (Wildman–Crippen MR) is 88.6 cm³/mol. The van der Waals surface area contributed by atoms with E-state index in [1.165, 1.54) is 23.5 Å². The Labute approximate surface area is 137 Å². The minimum absolute atomic E-state index is 0. The van der Waals surface area contributed by atoms with Gasteiger partial charge in [-0.05, 0) is 26.2 Å². The number of amides is 1. The van der Waals surface area contributed by atoms with Crippen molar-refractivity contribution < 1.29 is 9.72 Å². The van der Waals surface area contributed by atoms with Crippen molar-refractivity contribution >= 4 is 40.5 Å². The third-order valence-corrected chi connectivity index (χ3v) is 3.34. The van der Waals surface area contributed by atoms with Gasteiger partial charge in [0.25, 0.3) is 5.69 Å². The predicted octanol–water partition coefficient (Wildman–Crippen LogP) is 2.64. The van der Waals surface area contributed by atoms with Gasteiger partial charge in [-0.2, -0.15) is 0 Å². The van der Waals surface area contributed by atoms with Gasteiger partial charge < -0.3 is 10.2 Å². The highest BCUT2D eigenvalue weighted by Gasteiger charge is 2.10. The lowest BCUT2D eigenvalue weighted by Gasteiger charge is -2.07. The molecule has 1 N–H and O–H groups in total. The van der Waals surface area contributed by atoms with E-state index < -0.39 is 4.92 Å². The number of carbonyl (C=O) groups excluding carboxylic acids is 1. The van der Waals surface area contributed by atoms with E-state index >= 15 is 0 Å². The maximum Gasteiger partial charge on any atom is 0.269 e. The lowest BCUT2D eigenvalue weighted by molar-refractivity contribution is -0.384. The van der Waals surface area contributed by atoms with Crippen molar-refractivity contribution in [3.63, 3.8) is 0 Å². The summed E-state index contributed by atoms with van der Waals surface area (Å²) >= 11 is 1.31. The average molecular weight is 343 g/mol. The van der Waals surface area contributed by atoms with Gasteiger partial charge in [0, 0.05) is 23.1 Å². The number of rotatable bonds is 5. The molecule has 2 aromatic rings. The molecule has 0 spiro atoms. The van der Waals surface area contributed by atoms with Crippen molar-refractivity contribution in [2.24, 2.45) is 0 Å². The number of hydrogen-bond acceptors (Lipinski definition) is 6. The quantitative estimate of drug-likeness (QED) is 0.666. The maximum atomic E-state index is 11.6. The maximum absolute atomic E-state index is 11.6. The fourth-order valence-corrected chi connectivity index (χ4v) is 2.40. The van der Waals surface area contributed by atoms with Crippen LogP contribution in [0, 0.1) is 10.1 Å². The number of hydrogen-bond donors (Lipinski definition) is 1. The van der Waals surface area contributed by atoms with Crippen LogP contribution in [0.25, 0.3) is 11.3 Å². The molecule has 7 nitrogen and oxygen atoms in total. The van der Waals surface area contributed by atoms with Crippen LogP contribution < -0.4 is 5.32 Å². The van der Waals surface area contributed by atoms with Crippen molar-refractivity contribution in [1.82, 2.24) is 9.88 Å². The van der Waals surface area contributed by atoms with Gasteiger partial charge in [0.2, 0.25) is 5.91 Å². The average Bonchev–Trinajstić information content (AvgIpc) is 2.86. The summed E-state index contributed by atoms with van der Waals surface area (Å²) in [6.07, 6.45) is 0. The summed E-state index contributed by atoms with van der Waals surface area (Å²) in [5.41, 5.74) is 1.48. The zero-order valence-electron chi connectivity index (χ0n) is 12.0. The number of aromatic nitrogens is 1. The molecule has 0 aliphatic carbocycles. The number of nitro groups is 1. The molecular weight excluding hydrogens is 328 g/mol. The topological polar surface area (TPSA) is 88.4 Å². The van der Waals surface area contributed by atoms with Crippen LogP contribution in [0.4, 0.5) is 10.8 Å². The van der Waals surface area contributed by atoms with Gasteiger partial charge in [0.05, 0.1) is 17.2 Å². The van der Waals surface area contributed by atoms with Crippen LogP contribution in [-0.2, 0) is 4.79 Å². The van der Waals surface area contributed by atoms with Gasteiger partial charge in [-0.1, -0.05) is 0 Å². The minimum atomic E-state index is -0.447. The van der Waals surface area contributed by atoms with Crippen LogP contribution in [0.5, 0.6) is 0 Å². The summed E-state index contributed by atoms with van der Waals surface area (Å²) in [6, 6.07) is 6.13. The second-order valence-electron chi connectivity index (χ2n) is 4.63. The summed E-state index contributed by atoms with van der Waals surface area (Å²) in [5.74, 6) is -0.135. The van der Waals surface area contributed by atoms with Crippen molar-refractivity contribution in [3.05, 3.63) is 39.8 Å². The second-order valence-corrected chi connectivity index (χ2v) is 5.49. The molecule has 9 heteroatoms. The molecule has 1 aromatic heterocycles. The molecule has 118 valence electrons. The highest BCUT2D eigenvalue weighted by molar-refractivity contribution is 7.14. The standard InChI is InChI=1S/C13H14N4O3S.ClH/c1-16(2)7-12(18)15-13-14-11(8-21-13)9-3-5-10(6-4-9)17(19)20;/h3-6,8H,7H2,1-2H3,(H,14,15,18);1H. The number of anilines is 1. The molecule has 0 unspecified atom stereocenters. The lowest BCUT2D eigenvalue weighted by Crippen LogP contribution is -2.26. The summed E-state index contributed by atoms with van der Waals surface area (Å²) in [6.45, 7) is 0.284. The number of thiazole rings is 1. The highest BCUT2D eigenvalue weighted by Crippen LogP contribution is 2.26. The summed E-state index contributed by atoms with van der Waals surface area (Å²) in [4.78, 5) is 27.8. The van der Waals surface area contributed by atoms with Crippen LogP contribution in [-0.4, -0.2) is 41.4 Å². The molecule has 0 atom stereocenters. The number of likely N-dealkylation sites (N-methyl/N-ethyl adjacent to an activating group) is 1. The number of benzene rings is 1. The van der Waals surface area contributed by atoms with E-state index in [0.29, 0.717) is 10.8 Å². The molecule has 2 rings (SSSR count). The molecular formula is C13H15ClN4O3S. The van der Waals surface area contributed by atoms with Crippen LogP contribution in [0.1, 0.15) is 0 Å². The first kappa shape index (κ1) is 18.0. The van der Waals surface area contributed by atoms with Crippen LogP contribution in [0.15, 0.2) is 29.6 Å². The third kappa shape index (κ3) is 4.76. The first-order valence-electron chi connectivity index (χ1n) is 6.10. The van der Waals surface area contributed by atoms with Gasteiger partial charge in [0.15, 0.2) is 5.13 Å². The Bertz CT molecular complexity index is 658. The summed E-state index contributed by atoms with van der Waals surface area (Å²) < 4.78 is 0. The van der Waals surface area contributed by atoms with Crippen molar-refractivity contribution in [1.29, 1.82) is 0 Å². The Balaban J connectivity index is 0.00000242. The van der Waals surface area contributed by atoms with Gasteiger partial charge >= 0.3 is 0 Å². The molecule has 1 amide bonds. The van der Waals surface area contributed by atoms with Gasteiger partial charge in [-0.15, -0.1) is 23.7 Å². The van der Waals surface area contributed by atoms with E-state index in [9.17, 15) is 14.9 Å². The van der Waals surface area contributed by atoms with E-state index in [1.54, 1.807) is 22.4 Å². The zero-order chi connectivity index (χ0) is 15.4. The zero-order valence-corrected chi connectivity index (χ0v) is 13.6.